The van der Waals surface area contributed by atoms with E-state index in [1.54, 1.807) is 18.2 Å². The second-order valence-electron chi connectivity index (χ2n) is 4.33. The maximum absolute atomic E-state index is 6.10. The molecule has 0 fully saturated rings. The molecule has 0 heterocycles. The van der Waals surface area contributed by atoms with Crippen molar-refractivity contribution in [2.24, 2.45) is 5.73 Å². The number of halogens is 2. The predicted molar refractivity (Wildman–Crippen MR) is 80.1 cm³/mol. The van der Waals surface area contributed by atoms with Gasteiger partial charge >= 0.3 is 0 Å². The van der Waals surface area contributed by atoms with Crippen LogP contribution in [0.1, 0.15) is 17.2 Å². The molecule has 0 aliphatic heterocycles. The first kappa shape index (κ1) is 14.2. The van der Waals surface area contributed by atoms with Gasteiger partial charge in [-0.15, -0.1) is 0 Å². The molecule has 0 aromatic heterocycles. The summed E-state index contributed by atoms with van der Waals surface area (Å²) in [6.07, 6.45) is -0.224. The van der Waals surface area contributed by atoms with E-state index in [1.807, 2.05) is 25.1 Å². The number of hydrogen-bond acceptors (Lipinski definition) is 2. The Morgan fingerprint density at radius 1 is 1.16 bits per heavy atom. The highest BCUT2D eigenvalue weighted by Gasteiger charge is 2.13. The van der Waals surface area contributed by atoms with Crippen molar-refractivity contribution in [3.63, 3.8) is 0 Å². The van der Waals surface area contributed by atoms with Crippen molar-refractivity contribution in [1.29, 1.82) is 0 Å². The largest absolute Gasteiger partial charge is 0.483 e. The molecule has 0 amide bonds. The molecule has 0 saturated heterocycles. The summed E-state index contributed by atoms with van der Waals surface area (Å²) < 4.78 is 5.87. The van der Waals surface area contributed by atoms with Gasteiger partial charge in [0.15, 0.2) is 0 Å². The minimum Gasteiger partial charge on any atom is -0.483 e. The molecule has 0 spiro atoms. The van der Waals surface area contributed by atoms with Crippen molar-refractivity contribution in [1.82, 2.24) is 0 Å². The molecule has 0 bridgehead atoms. The van der Waals surface area contributed by atoms with E-state index in [9.17, 15) is 0 Å². The van der Waals surface area contributed by atoms with Gasteiger partial charge in [-0.05, 0) is 30.7 Å². The Morgan fingerprint density at radius 2 is 1.95 bits per heavy atom. The zero-order valence-corrected chi connectivity index (χ0v) is 12.1. The first-order valence-electron chi connectivity index (χ1n) is 5.98. The van der Waals surface area contributed by atoms with Crippen LogP contribution in [-0.2, 0) is 0 Å². The van der Waals surface area contributed by atoms with Crippen LogP contribution in [0.4, 0.5) is 0 Å². The van der Waals surface area contributed by atoms with Crippen molar-refractivity contribution in [3.05, 3.63) is 63.6 Å². The molecule has 1 atom stereocenters. The monoisotopic (exact) mass is 295 g/mol. The number of ether oxygens (including phenoxy) is 1. The van der Waals surface area contributed by atoms with Crippen molar-refractivity contribution in [2.75, 3.05) is 6.54 Å². The second-order valence-corrected chi connectivity index (χ2v) is 5.17. The van der Waals surface area contributed by atoms with E-state index in [-0.39, 0.29) is 6.10 Å². The normalized spacial score (nSPS) is 12.2. The van der Waals surface area contributed by atoms with Crippen LogP contribution in [0, 0.1) is 6.92 Å². The molecule has 0 aliphatic carbocycles. The third-order valence-corrected chi connectivity index (χ3v) is 3.32. The molecule has 0 radical (unpaired) electrons. The molecule has 2 nitrogen and oxygen atoms in total. The second kappa shape index (κ2) is 6.29. The number of hydrogen-bond donors (Lipinski definition) is 1. The zero-order chi connectivity index (χ0) is 13.8. The number of benzene rings is 2. The lowest BCUT2D eigenvalue weighted by Crippen LogP contribution is -2.18. The van der Waals surface area contributed by atoms with Gasteiger partial charge in [0.25, 0.3) is 0 Å². The Kier molecular flexibility index (Phi) is 4.70. The fourth-order valence-corrected chi connectivity index (χ4v) is 2.30. The van der Waals surface area contributed by atoms with E-state index < -0.39 is 0 Å². The quantitative estimate of drug-likeness (QED) is 0.908. The van der Waals surface area contributed by atoms with Gasteiger partial charge in [-0.25, -0.2) is 0 Å². The molecule has 2 aromatic carbocycles. The van der Waals surface area contributed by atoms with E-state index in [4.69, 9.17) is 33.7 Å². The summed E-state index contributed by atoms with van der Waals surface area (Å²) in [5, 5.41) is 1.07. The molecule has 4 heteroatoms. The molecule has 1 unspecified atom stereocenters. The van der Waals surface area contributed by atoms with Crippen molar-refractivity contribution in [2.45, 2.75) is 13.0 Å². The highest BCUT2D eigenvalue weighted by atomic mass is 35.5. The van der Waals surface area contributed by atoms with Gasteiger partial charge in [0.05, 0.1) is 5.02 Å². The van der Waals surface area contributed by atoms with Gasteiger partial charge < -0.3 is 10.5 Å². The first-order valence-corrected chi connectivity index (χ1v) is 6.74. The van der Waals surface area contributed by atoms with Crippen LogP contribution in [0.25, 0.3) is 0 Å². The number of nitrogens with two attached hydrogens (primary N) is 1. The van der Waals surface area contributed by atoms with Crippen LogP contribution >= 0.6 is 23.2 Å². The standard InChI is InChI=1S/C15H15Cl2NO/c1-10-3-2-4-11(7-10)15(9-18)19-14-6-5-12(16)8-13(14)17/h2-8,15H,9,18H2,1H3. The Balaban J connectivity index is 2.24. The molecular weight excluding hydrogens is 281 g/mol. The summed E-state index contributed by atoms with van der Waals surface area (Å²) in [7, 11) is 0. The maximum atomic E-state index is 6.10. The molecular formula is C15H15Cl2NO. The average molecular weight is 296 g/mol. The molecule has 2 aromatic rings. The Bertz CT molecular complexity index is 572. The predicted octanol–water partition coefficient (Wildman–Crippen LogP) is 4.38. The van der Waals surface area contributed by atoms with E-state index in [2.05, 4.69) is 6.07 Å². The molecule has 0 saturated carbocycles. The number of rotatable bonds is 4. The topological polar surface area (TPSA) is 35.2 Å². The summed E-state index contributed by atoms with van der Waals surface area (Å²) in [5.41, 5.74) is 7.99. The lowest BCUT2D eigenvalue weighted by Gasteiger charge is -2.19. The van der Waals surface area contributed by atoms with Crippen LogP contribution in [0.2, 0.25) is 10.0 Å². The molecule has 100 valence electrons. The third kappa shape index (κ3) is 3.63. The summed E-state index contributed by atoms with van der Waals surface area (Å²) in [6.45, 7) is 2.41. The zero-order valence-electron chi connectivity index (χ0n) is 10.6. The van der Waals surface area contributed by atoms with E-state index in [0.29, 0.717) is 22.3 Å². The van der Waals surface area contributed by atoms with Gasteiger partial charge in [-0.1, -0.05) is 53.0 Å². The molecule has 2 N–H and O–H groups in total. The Hall–Kier alpha value is -1.22. The van der Waals surface area contributed by atoms with Crippen LogP contribution < -0.4 is 10.5 Å². The Labute approximate surface area is 123 Å². The lowest BCUT2D eigenvalue weighted by molar-refractivity contribution is 0.214. The molecule has 0 aliphatic rings. The SMILES string of the molecule is Cc1cccc(C(CN)Oc2ccc(Cl)cc2Cl)c1. The maximum Gasteiger partial charge on any atom is 0.139 e. The highest BCUT2D eigenvalue weighted by Crippen LogP contribution is 2.31. The fraction of sp³-hybridized carbons (Fsp3) is 0.200. The minimum atomic E-state index is -0.224. The fourth-order valence-electron chi connectivity index (χ4n) is 1.85. The minimum absolute atomic E-state index is 0.224. The van der Waals surface area contributed by atoms with Gasteiger partial charge in [0.2, 0.25) is 0 Å². The summed E-state index contributed by atoms with van der Waals surface area (Å²) in [5.74, 6) is 0.586. The lowest BCUT2D eigenvalue weighted by atomic mass is 10.1. The van der Waals surface area contributed by atoms with Gasteiger partial charge in [-0.2, -0.15) is 0 Å². The molecule has 2 rings (SSSR count). The van der Waals surface area contributed by atoms with Gasteiger partial charge in [0.1, 0.15) is 11.9 Å². The summed E-state index contributed by atoms with van der Waals surface area (Å²) >= 11 is 12.0. The van der Waals surface area contributed by atoms with Gasteiger partial charge in [0, 0.05) is 11.6 Å². The molecule has 19 heavy (non-hydrogen) atoms. The van der Waals surface area contributed by atoms with Crippen LogP contribution in [0.5, 0.6) is 5.75 Å². The smallest absolute Gasteiger partial charge is 0.139 e. The van der Waals surface area contributed by atoms with Crippen molar-refractivity contribution < 1.29 is 4.74 Å². The van der Waals surface area contributed by atoms with Gasteiger partial charge in [-0.3, -0.25) is 0 Å². The van der Waals surface area contributed by atoms with Crippen molar-refractivity contribution in [3.8, 4) is 5.75 Å². The van der Waals surface area contributed by atoms with E-state index in [0.717, 1.165) is 5.56 Å². The van der Waals surface area contributed by atoms with E-state index >= 15 is 0 Å². The number of aryl methyl sites for hydroxylation is 1. The van der Waals surface area contributed by atoms with E-state index in [1.165, 1.54) is 5.56 Å². The van der Waals surface area contributed by atoms with Crippen LogP contribution in [0.3, 0.4) is 0 Å². The first-order chi connectivity index (χ1) is 9.10. The third-order valence-electron chi connectivity index (χ3n) is 2.79. The van der Waals surface area contributed by atoms with Crippen LogP contribution in [-0.4, -0.2) is 6.54 Å². The van der Waals surface area contributed by atoms with Crippen molar-refractivity contribution >= 4 is 23.2 Å². The summed E-state index contributed by atoms with van der Waals surface area (Å²) in [4.78, 5) is 0. The highest BCUT2D eigenvalue weighted by molar-refractivity contribution is 6.35. The summed E-state index contributed by atoms with van der Waals surface area (Å²) in [6, 6.07) is 13.2. The van der Waals surface area contributed by atoms with Crippen LogP contribution in [0.15, 0.2) is 42.5 Å². The Morgan fingerprint density at radius 3 is 2.58 bits per heavy atom. The average Bonchev–Trinajstić information content (AvgIpc) is 2.38.